The fourth-order valence-corrected chi connectivity index (χ4v) is 4.41. The fraction of sp³-hybridized carbons (Fsp3) is 0.435. The van der Waals surface area contributed by atoms with E-state index in [2.05, 4.69) is 35.2 Å². The van der Waals surface area contributed by atoms with Crippen LogP contribution in [0.3, 0.4) is 0 Å². The van der Waals surface area contributed by atoms with Gasteiger partial charge in [0.15, 0.2) is 0 Å². The Hall–Kier alpha value is -2.29. The van der Waals surface area contributed by atoms with E-state index in [1.165, 1.54) is 36.0 Å². The van der Waals surface area contributed by atoms with Gasteiger partial charge in [0.05, 0.1) is 19.6 Å². The van der Waals surface area contributed by atoms with Gasteiger partial charge >= 0.3 is 0 Å². The number of likely N-dealkylation sites (tertiary alicyclic amines) is 1. The summed E-state index contributed by atoms with van der Waals surface area (Å²) in [5.74, 6) is 1.11. The van der Waals surface area contributed by atoms with Crippen molar-refractivity contribution in [3.63, 3.8) is 0 Å². The van der Waals surface area contributed by atoms with Gasteiger partial charge in [-0.2, -0.15) is 0 Å². The molecule has 4 rings (SSSR count). The molecule has 3 heteroatoms. The first-order valence-corrected chi connectivity index (χ1v) is 9.79. The van der Waals surface area contributed by atoms with E-state index in [9.17, 15) is 4.79 Å². The lowest BCUT2D eigenvalue weighted by atomic mass is 9.90. The molecule has 3 nitrogen and oxygen atoms in total. The van der Waals surface area contributed by atoms with Crippen LogP contribution in [0.4, 0.5) is 0 Å². The third kappa shape index (κ3) is 3.48. The highest BCUT2D eigenvalue weighted by Gasteiger charge is 2.29. The van der Waals surface area contributed by atoms with Crippen molar-refractivity contribution in [3.05, 3.63) is 64.7 Å². The molecule has 136 valence electrons. The molecular weight excluding hydrogens is 322 g/mol. The SMILES string of the molecule is COc1ccc(C2CCCN2C(=O)Cc2ccc3c(c2)CCCC3)cc1. The number of ether oxygens (including phenoxy) is 1. The molecular formula is C23H27NO2. The molecule has 1 atom stereocenters. The average molecular weight is 349 g/mol. The molecule has 26 heavy (non-hydrogen) atoms. The Bertz CT molecular complexity index is 781. The number of carbonyl (C=O) groups excluding carboxylic acids is 1. The zero-order chi connectivity index (χ0) is 17.9. The van der Waals surface area contributed by atoms with Crippen LogP contribution in [-0.2, 0) is 24.1 Å². The van der Waals surface area contributed by atoms with Gasteiger partial charge in [-0.3, -0.25) is 4.79 Å². The Balaban J connectivity index is 1.48. The molecule has 0 saturated carbocycles. The largest absolute Gasteiger partial charge is 0.497 e. The minimum Gasteiger partial charge on any atom is -0.497 e. The molecule has 1 unspecified atom stereocenters. The van der Waals surface area contributed by atoms with Crippen molar-refractivity contribution in [1.82, 2.24) is 4.90 Å². The van der Waals surface area contributed by atoms with Gasteiger partial charge < -0.3 is 9.64 Å². The number of aryl methyl sites for hydroxylation is 2. The van der Waals surface area contributed by atoms with E-state index in [1.54, 1.807) is 7.11 Å². The lowest BCUT2D eigenvalue weighted by Gasteiger charge is -2.26. The van der Waals surface area contributed by atoms with E-state index in [-0.39, 0.29) is 11.9 Å². The summed E-state index contributed by atoms with van der Waals surface area (Å²) in [6.45, 7) is 0.862. The van der Waals surface area contributed by atoms with Crippen LogP contribution in [0.1, 0.15) is 54.0 Å². The minimum atomic E-state index is 0.200. The summed E-state index contributed by atoms with van der Waals surface area (Å²) < 4.78 is 5.25. The monoisotopic (exact) mass is 349 g/mol. The molecule has 0 aromatic heterocycles. The van der Waals surface area contributed by atoms with E-state index in [4.69, 9.17) is 4.74 Å². The van der Waals surface area contributed by atoms with Gasteiger partial charge in [-0.25, -0.2) is 0 Å². The topological polar surface area (TPSA) is 29.5 Å². The van der Waals surface area contributed by atoms with Crippen LogP contribution in [0.25, 0.3) is 0 Å². The van der Waals surface area contributed by atoms with Crippen LogP contribution < -0.4 is 4.74 Å². The highest BCUT2D eigenvalue weighted by Crippen LogP contribution is 2.33. The molecule has 0 bridgehead atoms. The average Bonchev–Trinajstić information content (AvgIpc) is 3.18. The maximum atomic E-state index is 13.0. The van der Waals surface area contributed by atoms with Crippen LogP contribution in [-0.4, -0.2) is 24.5 Å². The number of benzene rings is 2. The number of hydrogen-bond donors (Lipinski definition) is 0. The zero-order valence-electron chi connectivity index (χ0n) is 15.5. The molecule has 0 N–H and O–H groups in total. The summed E-state index contributed by atoms with van der Waals surface area (Å²) in [5, 5.41) is 0. The predicted octanol–water partition coefficient (Wildman–Crippen LogP) is 4.48. The third-order valence-corrected chi connectivity index (χ3v) is 5.84. The lowest BCUT2D eigenvalue weighted by Crippen LogP contribution is -2.31. The van der Waals surface area contributed by atoms with Crippen molar-refractivity contribution in [2.45, 2.75) is 51.0 Å². The summed E-state index contributed by atoms with van der Waals surface area (Å²) in [7, 11) is 1.68. The first-order chi connectivity index (χ1) is 12.7. The molecule has 1 fully saturated rings. The highest BCUT2D eigenvalue weighted by molar-refractivity contribution is 5.79. The third-order valence-electron chi connectivity index (χ3n) is 5.84. The second-order valence-electron chi connectivity index (χ2n) is 7.51. The normalized spacial score (nSPS) is 19.3. The molecule has 2 aliphatic rings. The molecule has 1 aliphatic heterocycles. The number of fused-ring (bicyclic) bond motifs is 1. The Morgan fingerprint density at radius 1 is 1.04 bits per heavy atom. The molecule has 2 aromatic rings. The summed E-state index contributed by atoms with van der Waals surface area (Å²) >= 11 is 0. The summed E-state index contributed by atoms with van der Waals surface area (Å²) in [4.78, 5) is 15.1. The molecule has 0 spiro atoms. The van der Waals surface area contributed by atoms with E-state index in [0.29, 0.717) is 6.42 Å². The van der Waals surface area contributed by atoms with Crippen molar-refractivity contribution in [2.24, 2.45) is 0 Å². The zero-order valence-corrected chi connectivity index (χ0v) is 15.5. The van der Waals surface area contributed by atoms with Gasteiger partial charge in [-0.05, 0) is 72.9 Å². The maximum absolute atomic E-state index is 13.0. The summed E-state index contributed by atoms with van der Waals surface area (Å²) in [5.41, 5.74) is 5.30. The minimum absolute atomic E-state index is 0.200. The molecule has 1 amide bonds. The van der Waals surface area contributed by atoms with Gasteiger partial charge in [-0.1, -0.05) is 30.3 Å². The van der Waals surface area contributed by atoms with Crippen LogP contribution >= 0.6 is 0 Å². The smallest absolute Gasteiger partial charge is 0.227 e. The second-order valence-corrected chi connectivity index (χ2v) is 7.51. The maximum Gasteiger partial charge on any atom is 0.227 e. The van der Waals surface area contributed by atoms with Crippen molar-refractivity contribution < 1.29 is 9.53 Å². The lowest BCUT2D eigenvalue weighted by molar-refractivity contribution is -0.131. The van der Waals surface area contributed by atoms with Crippen molar-refractivity contribution >= 4 is 5.91 Å². The molecule has 0 radical (unpaired) electrons. The number of amides is 1. The highest BCUT2D eigenvalue weighted by atomic mass is 16.5. The molecule has 1 aliphatic carbocycles. The first kappa shape index (κ1) is 17.1. The molecule has 1 saturated heterocycles. The van der Waals surface area contributed by atoms with Gasteiger partial charge in [-0.15, -0.1) is 0 Å². The number of rotatable bonds is 4. The number of nitrogens with zero attached hydrogens (tertiary/aromatic N) is 1. The van der Waals surface area contributed by atoms with Crippen LogP contribution in [0.2, 0.25) is 0 Å². The van der Waals surface area contributed by atoms with Crippen molar-refractivity contribution in [2.75, 3.05) is 13.7 Å². The van der Waals surface area contributed by atoms with Gasteiger partial charge in [0, 0.05) is 6.54 Å². The number of hydrogen-bond acceptors (Lipinski definition) is 2. The Kier molecular flexibility index (Phi) is 4.96. The second kappa shape index (κ2) is 7.53. The number of methoxy groups -OCH3 is 1. The fourth-order valence-electron chi connectivity index (χ4n) is 4.41. The van der Waals surface area contributed by atoms with E-state index in [1.807, 2.05) is 12.1 Å². The molecule has 2 aromatic carbocycles. The quantitative estimate of drug-likeness (QED) is 0.814. The Labute approximate surface area is 156 Å². The predicted molar refractivity (Wildman–Crippen MR) is 103 cm³/mol. The van der Waals surface area contributed by atoms with Crippen LogP contribution in [0.15, 0.2) is 42.5 Å². The van der Waals surface area contributed by atoms with Gasteiger partial charge in [0.25, 0.3) is 0 Å². The van der Waals surface area contributed by atoms with Gasteiger partial charge in [0.1, 0.15) is 5.75 Å². The summed E-state index contributed by atoms with van der Waals surface area (Å²) in [6.07, 6.45) is 7.55. The Morgan fingerprint density at radius 3 is 2.58 bits per heavy atom. The van der Waals surface area contributed by atoms with Gasteiger partial charge in [0.2, 0.25) is 5.91 Å². The van der Waals surface area contributed by atoms with E-state index in [0.717, 1.165) is 37.1 Å². The molecule has 1 heterocycles. The summed E-state index contributed by atoms with van der Waals surface area (Å²) in [6, 6.07) is 15.0. The van der Waals surface area contributed by atoms with Crippen LogP contribution in [0.5, 0.6) is 5.75 Å². The number of carbonyl (C=O) groups is 1. The van der Waals surface area contributed by atoms with Crippen molar-refractivity contribution in [3.8, 4) is 5.75 Å². The van der Waals surface area contributed by atoms with E-state index >= 15 is 0 Å². The van der Waals surface area contributed by atoms with Crippen LogP contribution in [0, 0.1) is 0 Å². The van der Waals surface area contributed by atoms with Crippen molar-refractivity contribution in [1.29, 1.82) is 0 Å². The first-order valence-electron chi connectivity index (χ1n) is 9.79. The Morgan fingerprint density at radius 2 is 1.81 bits per heavy atom. The standard InChI is InChI=1S/C23H27NO2/c1-26-21-12-10-19(11-13-21)22-7-4-14-24(22)23(25)16-17-8-9-18-5-2-3-6-20(18)15-17/h8-13,15,22H,2-7,14,16H2,1H3. The van der Waals surface area contributed by atoms with E-state index < -0.39 is 0 Å².